The molecule has 1 atom stereocenters. The van der Waals surface area contributed by atoms with Crippen LogP contribution in [0.4, 0.5) is 5.69 Å². The highest BCUT2D eigenvalue weighted by atomic mass is 32.2. The molecular weight excluding hydrogens is 250 g/mol. The molecule has 0 aromatic heterocycles. The molecule has 1 aromatic carbocycles. The van der Waals surface area contributed by atoms with Crippen molar-refractivity contribution in [1.82, 2.24) is 9.62 Å². The van der Waals surface area contributed by atoms with Crippen molar-refractivity contribution in [2.75, 3.05) is 32.5 Å². The van der Waals surface area contributed by atoms with Crippen LogP contribution in [-0.4, -0.2) is 46.5 Å². The van der Waals surface area contributed by atoms with Gasteiger partial charge in [-0.3, -0.25) is 0 Å². The topological polar surface area (TPSA) is 61.4 Å². The van der Waals surface area contributed by atoms with Gasteiger partial charge in [-0.15, -0.1) is 0 Å². The third kappa shape index (κ3) is 3.01. The third-order valence-corrected chi connectivity index (χ3v) is 4.63. The minimum atomic E-state index is -3.34. The SMILES string of the molecule is CNS(=O)(=O)c1ccc(NC2CCN(C)C2)cc1. The average molecular weight is 269 g/mol. The van der Waals surface area contributed by atoms with E-state index in [2.05, 4.69) is 22.0 Å². The molecule has 1 unspecified atom stereocenters. The zero-order valence-electron chi connectivity index (χ0n) is 10.7. The van der Waals surface area contributed by atoms with Crippen molar-refractivity contribution in [3.63, 3.8) is 0 Å². The Bertz CT molecular complexity index is 499. The van der Waals surface area contributed by atoms with E-state index in [9.17, 15) is 8.42 Å². The van der Waals surface area contributed by atoms with Crippen molar-refractivity contribution in [2.45, 2.75) is 17.4 Å². The Morgan fingerprint density at radius 1 is 1.28 bits per heavy atom. The van der Waals surface area contributed by atoms with Gasteiger partial charge in [0.25, 0.3) is 0 Å². The molecule has 1 fully saturated rings. The molecule has 5 nitrogen and oxygen atoms in total. The Hall–Kier alpha value is -1.11. The number of anilines is 1. The molecule has 0 spiro atoms. The van der Waals surface area contributed by atoms with Crippen LogP contribution in [0.2, 0.25) is 0 Å². The van der Waals surface area contributed by atoms with Crippen molar-refractivity contribution in [2.24, 2.45) is 0 Å². The lowest BCUT2D eigenvalue weighted by molar-refractivity contribution is 0.414. The Morgan fingerprint density at radius 3 is 2.44 bits per heavy atom. The van der Waals surface area contributed by atoms with Crippen molar-refractivity contribution in [3.05, 3.63) is 24.3 Å². The highest BCUT2D eigenvalue weighted by Crippen LogP contribution is 2.17. The van der Waals surface area contributed by atoms with Gasteiger partial charge in [0.15, 0.2) is 0 Å². The maximum absolute atomic E-state index is 11.6. The zero-order valence-corrected chi connectivity index (χ0v) is 11.5. The van der Waals surface area contributed by atoms with Gasteiger partial charge in [0.05, 0.1) is 4.90 Å². The normalized spacial score (nSPS) is 21.1. The van der Waals surface area contributed by atoms with Crippen molar-refractivity contribution in [3.8, 4) is 0 Å². The summed E-state index contributed by atoms with van der Waals surface area (Å²) in [5.74, 6) is 0. The van der Waals surface area contributed by atoms with Crippen molar-refractivity contribution in [1.29, 1.82) is 0 Å². The van der Waals surface area contributed by atoms with Crippen LogP contribution in [0.1, 0.15) is 6.42 Å². The van der Waals surface area contributed by atoms with Crippen LogP contribution in [0.25, 0.3) is 0 Å². The maximum Gasteiger partial charge on any atom is 0.240 e. The summed E-state index contributed by atoms with van der Waals surface area (Å²) in [5.41, 5.74) is 0.963. The van der Waals surface area contributed by atoms with Crippen molar-refractivity contribution < 1.29 is 8.42 Å². The van der Waals surface area contributed by atoms with Gasteiger partial charge in [0.1, 0.15) is 0 Å². The van der Waals surface area contributed by atoms with Gasteiger partial charge in [-0.05, 0) is 51.3 Å². The van der Waals surface area contributed by atoms with Gasteiger partial charge in [0.2, 0.25) is 10.0 Å². The van der Waals surface area contributed by atoms with Crippen LogP contribution in [0.3, 0.4) is 0 Å². The highest BCUT2D eigenvalue weighted by Gasteiger charge is 2.19. The molecule has 0 saturated carbocycles. The predicted molar refractivity (Wildman–Crippen MR) is 72.2 cm³/mol. The summed E-state index contributed by atoms with van der Waals surface area (Å²) in [6, 6.07) is 7.30. The van der Waals surface area contributed by atoms with E-state index < -0.39 is 10.0 Å². The number of benzene rings is 1. The molecule has 18 heavy (non-hydrogen) atoms. The smallest absolute Gasteiger partial charge is 0.240 e. The fourth-order valence-electron chi connectivity index (χ4n) is 2.14. The summed E-state index contributed by atoms with van der Waals surface area (Å²) in [4.78, 5) is 2.57. The van der Waals surface area contributed by atoms with Gasteiger partial charge in [-0.25, -0.2) is 13.1 Å². The molecule has 0 amide bonds. The molecule has 0 bridgehead atoms. The standard InChI is InChI=1S/C12H19N3O2S/c1-13-18(16,17)12-5-3-10(4-6-12)14-11-7-8-15(2)9-11/h3-6,11,13-14H,7-9H2,1-2H3. The summed E-state index contributed by atoms with van der Waals surface area (Å²) >= 11 is 0. The van der Waals surface area contributed by atoms with E-state index in [-0.39, 0.29) is 0 Å². The van der Waals surface area contributed by atoms with E-state index in [1.807, 2.05) is 12.1 Å². The van der Waals surface area contributed by atoms with Crippen LogP contribution < -0.4 is 10.0 Å². The molecule has 0 aliphatic carbocycles. The fourth-order valence-corrected chi connectivity index (χ4v) is 2.87. The highest BCUT2D eigenvalue weighted by molar-refractivity contribution is 7.89. The molecule has 2 rings (SSSR count). The number of sulfonamides is 1. The molecular formula is C12H19N3O2S. The van der Waals surface area contributed by atoms with E-state index in [1.165, 1.54) is 7.05 Å². The Balaban J connectivity index is 2.04. The lowest BCUT2D eigenvalue weighted by atomic mass is 10.2. The monoisotopic (exact) mass is 269 g/mol. The Kier molecular flexibility index (Phi) is 3.89. The van der Waals surface area contributed by atoms with E-state index in [4.69, 9.17) is 0 Å². The number of hydrogen-bond acceptors (Lipinski definition) is 4. The summed E-state index contributed by atoms with van der Waals surface area (Å²) in [6.45, 7) is 2.13. The number of likely N-dealkylation sites (N-methyl/N-ethyl adjacent to an activating group) is 1. The summed E-state index contributed by atoms with van der Waals surface area (Å²) in [7, 11) is 0.177. The quantitative estimate of drug-likeness (QED) is 0.845. The second-order valence-electron chi connectivity index (χ2n) is 4.62. The van der Waals surface area contributed by atoms with Gasteiger partial charge in [-0.2, -0.15) is 0 Å². The molecule has 2 N–H and O–H groups in total. The lowest BCUT2D eigenvalue weighted by Crippen LogP contribution is -2.23. The first-order valence-corrected chi connectivity index (χ1v) is 7.48. The number of nitrogens with zero attached hydrogens (tertiary/aromatic N) is 1. The van der Waals surface area contributed by atoms with Crippen LogP contribution >= 0.6 is 0 Å². The van der Waals surface area contributed by atoms with Gasteiger partial charge in [0, 0.05) is 18.3 Å². The Morgan fingerprint density at radius 2 is 1.94 bits per heavy atom. The first-order chi connectivity index (χ1) is 8.51. The zero-order chi connectivity index (χ0) is 13.2. The van der Waals surface area contributed by atoms with Crippen LogP contribution in [0, 0.1) is 0 Å². The van der Waals surface area contributed by atoms with E-state index in [1.54, 1.807) is 12.1 Å². The molecule has 1 aliphatic rings. The van der Waals surface area contributed by atoms with Gasteiger partial charge >= 0.3 is 0 Å². The number of hydrogen-bond donors (Lipinski definition) is 2. The molecule has 100 valence electrons. The second-order valence-corrected chi connectivity index (χ2v) is 6.51. The van der Waals surface area contributed by atoms with E-state index in [0.717, 1.165) is 25.2 Å². The second kappa shape index (κ2) is 5.26. The van der Waals surface area contributed by atoms with Crippen molar-refractivity contribution >= 4 is 15.7 Å². The minimum absolute atomic E-state index is 0.291. The first-order valence-electron chi connectivity index (χ1n) is 6.00. The summed E-state index contributed by atoms with van der Waals surface area (Å²) < 4.78 is 25.4. The summed E-state index contributed by atoms with van der Waals surface area (Å²) in [6.07, 6.45) is 1.12. The van der Waals surface area contributed by atoms with Gasteiger partial charge in [-0.1, -0.05) is 0 Å². The lowest BCUT2D eigenvalue weighted by Gasteiger charge is -2.14. The van der Waals surface area contributed by atoms with E-state index >= 15 is 0 Å². The predicted octanol–water partition coefficient (Wildman–Crippen LogP) is 0.711. The Labute approximate surface area is 108 Å². The maximum atomic E-state index is 11.6. The van der Waals surface area contributed by atoms with Gasteiger partial charge < -0.3 is 10.2 Å². The number of rotatable bonds is 4. The first kappa shape index (κ1) is 13.3. The average Bonchev–Trinajstić information content (AvgIpc) is 2.75. The molecule has 6 heteroatoms. The fraction of sp³-hybridized carbons (Fsp3) is 0.500. The minimum Gasteiger partial charge on any atom is -0.381 e. The molecule has 1 saturated heterocycles. The van der Waals surface area contributed by atoms with Crippen LogP contribution in [0.5, 0.6) is 0 Å². The summed E-state index contributed by atoms with van der Waals surface area (Å²) in [5, 5.41) is 3.41. The molecule has 1 aliphatic heterocycles. The largest absolute Gasteiger partial charge is 0.381 e. The molecule has 0 radical (unpaired) electrons. The van der Waals surface area contributed by atoms with Crippen LogP contribution in [0.15, 0.2) is 29.2 Å². The van der Waals surface area contributed by atoms with Crippen LogP contribution in [-0.2, 0) is 10.0 Å². The molecule has 1 aromatic rings. The third-order valence-electron chi connectivity index (χ3n) is 3.20. The molecule has 1 heterocycles. The number of likely N-dealkylation sites (tertiary alicyclic amines) is 1. The van der Waals surface area contributed by atoms with E-state index in [0.29, 0.717) is 10.9 Å². The number of nitrogens with one attached hydrogen (secondary N) is 2.